The van der Waals surface area contributed by atoms with Crippen LogP contribution in [0.2, 0.25) is 0 Å². The highest BCUT2D eigenvalue weighted by Crippen LogP contribution is 2.58. The number of amides is 1. The highest BCUT2D eigenvalue weighted by molar-refractivity contribution is 7.95. The maximum absolute atomic E-state index is 13.3. The average molecular weight is 609 g/mol. The summed E-state index contributed by atoms with van der Waals surface area (Å²) in [5.41, 5.74) is 2.11. The predicted octanol–water partition coefficient (Wildman–Crippen LogP) is 8.83. The lowest BCUT2D eigenvalue weighted by molar-refractivity contribution is -0.116. The first-order chi connectivity index (χ1) is 21.6. The van der Waals surface area contributed by atoms with Crippen LogP contribution in [0.25, 0.3) is 0 Å². The van der Waals surface area contributed by atoms with Gasteiger partial charge in [-0.2, -0.15) is 0 Å². The number of hydrogen-bond acceptors (Lipinski definition) is 3. The van der Waals surface area contributed by atoms with Crippen LogP contribution in [0, 0.1) is 0 Å². The maximum atomic E-state index is 13.3. The molecule has 0 aromatic heterocycles. The molecule has 0 aliphatic heterocycles. The number of rotatable bonds is 17. The monoisotopic (exact) mass is 608 g/mol. The van der Waals surface area contributed by atoms with E-state index in [1.54, 1.807) is 6.07 Å². The molecule has 0 heterocycles. The Labute approximate surface area is 264 Å². The molecular formula is C39H47NO3P+. The molecule has 4 nitrogen and oxygen atoms in total. The molecule has 5 heteroatoms. The van der Waals surface area contributed by atoms with Crippen LogP contribution in [0.3, 0.4) is 0 Å². The summed E-state index contributed by atoms with van der Waals surface area (Å²) in [6.45, 7) is 2.24. The normalized spacial score (nSPS) is 11.2. The van der Waals surface area contributed by atoms with Gasteiger partial charge < -0.3 is 10.1 Å². The molecule has 0 bridgehead atoms. The minimum Gasteiger partial charge on any atom is -0.465 e. The Bertz CT molecular complexity index is 1340. The summed E-state index contributed by atoms with van der Waals surface area (Å²) in [4.78, 5) is 25.8. The van der Waals surface area contributed by atoms with E-state index >= 15 is 0 Å². The van der Waals surface area contributed by atoms with Gasteiger partial charge in [-0.3, -0.25) is 4.79 Å². The number of carbonyl (C=O) groups is 2. The molecule has 0 fully saturated rings. The third-order valence-corrected chi connectivity index (χ3v) is 12.7. The molecule has 0 unspecified atom stereocenters. The van der Waals surface area contributed by atoms with Crippen LogP contribution in [0.15, 0.2) is 109 Å². The molecule has 1 N–H and O–H groups in total. The second kappa shape index (κ2) is 17.5. The summed E-state index contributed by atoms with van der Waals surface area (Å²) in [7, 11) is -0.819. The van der Waals surface area contributed by atoms with Crippen LogP contribution in [-0.4, -0.2) is 19.0 Å². The topological polar surface area (TPSA) is 55.4 Å². The van der Waals surface area contributed by atoms with Crippen LogP contribution < -0.4 is 21.2 Å². The van der Waals surface area contributed by atoms with E-state index in [2.05, 4.69) is 103 Å². The predicted molar refractivity (Wildman–Crippen MR) is 187 cm³/mol. The van der Waals surface area contributed by atoms with Crippen molar-refractivity contribution in [2.75, 3.05) is 12.4 Å². The Kier molecular flexibility index (Phi) is 13.2. The van der Waals surface area contributed by atoms with E-state index in [9.17, 15) is 9.59 Å². The molecule has 1 amide bonds. The fourth-order valence-corrected chi connectivity index (χ4v) is 10.2. The number of unbranched alkanes of at least 4 members (excludes halogenated alkanes) is 8. The number of methoxy groups -OCH3 is 1. The Balaban J connectivity index is 1.62. The average Bonchev–Trinajstić information content (AvgIpc) is 3.08. The minimum atomic E-state index is -2.20. The molecule has 0 aliphatic carbocycles. The van der Waals surface area contributed by atoms with Gasteiger partial charge in [0.15, 0.2) is 0 Å². The molecule has 4 aromatic carbocycles. The first-order valence-corrected chi connectivity index (χ1v) is 18.1. The zero-order chi connectivity index (χ0) is 31.0. The molecule has 4 rings (SSSR count). The maximum Gasteiger partial charge on any atom is 0.337 e. The smallest absolute Gasteiger partial charge is 0.337 e. The van der Waals surface area contributed by atoms with Gasteiger partial charge in [-0.25, -0.2) is 4.79 Å². The van der Waals surface area contributed by atoms with Crippen LogP contribution in [0.1, 0.15) is 87.1 Å². The van der Waals surface area contributed by atoms with Gasteiger partial charge in [0.2, 0.25) is 5.91 Å². The zero-order valence-electron chi connectivity index (χ0n) is 26.3. The van der Waals surface area contributed by atoms with Crippen molar-refractivity contribution in [1.29, 1.82) is 0 Å². The van der Waals surface area contributed by atoms with Crippen molar-refractivity contribution in [3.8, 4) is 0 Å². The number of hydrogen-bond donors (Lipinski definition) is 1. The standard InChI is InChI=1S/C39H46NO3P/c1-3-4-5-6-7-8-9-10-20-27-38(41)40-37-30-32(39(42)43-2)28-29-33(37)31-44(34-21-14-11-15-22-34,35-23-16-12-17-24-35)36-25-18-13-19-26-36/h11-19,21-26,28-30H,3-10,20,27,31H2,1-2H3/p+1. The number of anilines is 1. The van der Waals surface area contributed by atoms with Gasteiger partial charge in [0.25, 0.3) is 0 Å². The molecule has 44 heavy (non-hydrogen) atoms. The van der Waals surface area contributed by atoms with Gasteiger partial charge in [-0.15, -0.1) is 0 Å². The molecule has 0 atom stereocenters. The van der Waals surface area contributed by atoms with Crippen LogP contribution in [0.4, 0.5) is 5.69 Å². The van der Waals surface area contributed by atoms with E-state index < -0.39 is 13.2 Å². The number of esters is 1. The van der Waals surface area contributed by atoms with E-state index in [0.29, 0.717) is 23.8 Å². The van der Waals surface area contributed by atoms with Gasteiger partial charge >= 0.3 is 5.97 Å². The van der Waals surface area contributed by atoms with Crippen molar-refractivity contribution in [2.24, 2.45) is 0 Å². The van der Waals surface area contributed by atoms with Gasteiger partial charge in [-0.1, -0.05) is 119 Å². The lowest BCUT2D eigenvalue weighted by atomic mass is 10.1. The number of carbonyl (C=O) groups excluding carboxylic acids is 2. The van der Waals surface area contributed by atoms with Crippen LogP contribution in [0.5, 0.6) is 0 Å². The molecule has 0 saturated heterocycles. The Morgan fingerprint density at radius 3 is 1.59 bits per heavy atom. The van der Waals surface area contributed by atoms with E-state index in [1.165, 1.54) is 68.0 Å². The summed E-state index contributed by atoms with van der Waals surface area (Å²) >= 11 is 0. The van der Waals surface area contributed by atoms with E-state index in [4.69, 9.17) is 4.74 Å². The Morgan fingerprint density at radius 1 is 0.636 bits per heavy atom. The van der Waals surface area contributed by atoms with Crippen LogP contribution in [-0.2, 0) is 15.7 Å². The molecule has 0 radical (unpaired) electrons. The Hall–Kier alpha value is -3.75. The summed E-state index contributed by atoms with van der Waals surface area (Å²) in [5, 5.41) is 7.00. The van der Waals surface area contributed by atoms with Crippen molar-refractivity contribution in [1.82, 2.24) is 0 Å². The Morgan fingerprint density at radius 2 is 1.11 bits per heavy atom. The van der Waals surface area contributed by atoms with E-state index in [-0.39, 0.29) is 5.91 Å². The molecule has 0 saturated carbocycles. The van der Waals surface area contributed by atoms with Gasteiger partial charge in [0, 0.05) is 17.7 Å². The first-order valence-electron chi connectivity index (χ1n) is 16.1. The molecular weight excluding hydrogens is 561 g/mol. The molecule has 0 aliphatic rings. The third-order valence-electron chi connectivity index (χ3n) is 8.31. The van der Waals surface area contributed by atoms with E-state index in [0.717, 1.165) is 18.4 Å². The van der Waals surface area contributed by atoms with Crippen molar-refractivity contribution in [3.05, 3.63) is 120 Å². The lowest BCUT2D eigenvalue weighted by Gasteiger charge is -2.28. The van der Waals surface area contributed by atoms with Gasteiger partial charge in [0.1, 0.15) is 29.3 Å². The van der Waals surface area contributed by atoms with Crippen molar-refractivity contribution < 1.29 is 14.3 Å². The van der Waals surface area contributed by atoms with Gasteiger partial charge in [-0.05, 0) is 55.0 Å². The van der Waals surface area contributed by atoms with Crippen molar-refractivity contribution >= 4 is 40.7 Å². The first kappa shape index (κ1) is 33.1. The van der Waals surface area contributed by atoms with Crippen LogP contribution >= 0.6 is 7.26 Å². The quantitative estimate of drug-likeness (QED) is 0.0740. The number of benzene rings is 4. The highest BCUT2D eigenvalue weighted by atomic mass is 31.2. The zero-order valence-corrected chi connectivity index (χ0v) is 27.2. The lowest BCUT2D eigenvalue weighted by Crippen LogP contribution is -2.32. The molecule has 4 aromatic rings. The second-order valence-corrected chi connectivity index (χ2v) is 14.9. The third kappa shape index (κ3) is 8.89. The summed E-state index contributed by atoms with van der Waals surface area (Å²) < 4.78 is 5.03. The summed E-state index contributed by atoms with van der Waals surface area (Å²) in [6, 6.07) is 37.7. The number of ether oxygens (including phenoxy) is 1. The van der Waals surface area contributed by atoms with Crippen molar-refractivity contribution in [3.63, 3.8) is 0 Å². The minimum absolute atomic E-state index is 0.0146. The largest absolute Gasteiger partial charge is 0.465 e. The fraction of sp³-hybridized carbons (Fsp3) is 0.333. The molecule has 0 spiro atoms. The summed E-state index contributed by atoms with van der Waals surface area (Å²) in [5.74, 6) is -0.430. The second-order valence-electron chi connectivity index (χ2n) is 11.5. The SMILES string of the molecule is CCCCCCCCCCCC(=O)Nc1cc(C(=O)OC)ccc1C[P+](c1ccccc1)(c1ccccc1)c1ccccc1. The fourth-order valence-electron chi connectivity index (χ4n) is 5.91. The van der Waals surface area contributed by atoms with Crippen molar-refractivity contribution in [2.45, 2.75) is 77.3 Å². The van der Waals surface area contributed by atoms with Gasteiger partial charge in [0.05, 0.1) is 12.7 Å². The molecule has 230 valence electrons. The number of nitrogens with one attached hydrogen (secondary N) is 1. The highest BCUT2D eigenvalue weighted by Gasteiger charge is 2.46. The summed E-state index contributed by atoms with van der Waals surface area (Å²) in [6.07, 6.45) is 12.0. The van der Waals surface area contributed by atoms with E-state index in [1.807, 2.05) is 12.1 Å².